The standard InChI is InChI=1S/C19H15IN2O3/c20-14-8-5-12(6-9-14)11-17(19(24)25)22-18(23)16-10-7-13-3-1-2-4-15(13)21-16/h1-10,17H,11H2,(H,22,23)(H,24,25)/t17-/m1/s1. The number of carboxylic acids is 1. The second-order valence-electron chi connectivity index (χ2n) is 5.58. The molecule has 0 bridgehead atoms. The van der Waals surface area contributed by atoms with E-state index >= 15 is 0 Å². The summed E-state index contributed by atoms with van der Waals surface area (Å²) in [6.07, 6.45) is 0.214. The number of hydrogen-bond donors (Lipinski definition) is 2. The number of carbonyl (C=O) groups excluding carboxylic acids is 1. The van der Waals surface area contributed by atoms with E-state index in [1.807, 2.05) is 48.5 Å². The largest absolute Gasteiger partial charge is 0.480 e. The van der Waals surface area contributed by atoms with Gasteiger partial charge in [-0.05, 0) is 52.4 Å². The highest BCUT2D eigenvalue weighted by Crippen LogP contribution is 2.13. The maximum Gasteiger partial charge on any atom is 0.326 e. The van der Waals surface area contributed by atoms with Gasteiger partial charge in [0, 0.05) is 15.4 Å². The van der Waals surface area contributed by atoms with Gasteiger partial charge in [0.2, 0.25) is 0 Å². The number of benzene rings is 2. The van der Waals surface area contributed by atoms with Crippen molar-refractivity contribution in [1.29, 1.82) is 0 Å². The minimum atomic E-state index is -1.08. The molecule has 0 saturated heterocycles. The minimum Gasteiger partial charge on any atom is -0.480 e. The number of carboxylic acid groups (broad SMARTS) is 1. The normalized spacial score (nSPS) is 11.9. The Kier molecular flexibility index (Phi) is 5.28. The van der Waals surface area contributed by atoms with Gasteiger partial charge in [0.15, 0.2) is 0 Å². The Morgan fingerprint density at radius 3 is 2.48 bits per heavy atom. The van der Waals surface area contributed by atoms with Crippen LogP contribution >= 0.6 is 22.6 Å². The molecule has 3 rings (SSSR count). The van der Waals surface area contributed by atoms with Crippen LogP contribution in [0.2, 0.25) is 0 Å². The Hall–Kier alpha value is -2.48. The lowest BCUT2D eigenvalue weighted by Crippen LogP contribution is -2.42. The molecule has 3 aromatic rings. The van der Waals surface area contributed by atoms with Crippen LogP contribution in [0.1, 0.15) is 16.1 Å². The Labute approximate surface area is 158 Å². The molecule has 0 saturated carbocycles. The number of hydrogen-bond acceptors (Lipinski definition) is 3. The SMILES string of the molecule is O=C(N[C@H](Cc1ccc(I)cc1)C(=O)O)c1ccc2ccccc2n1. The monoisotopic (exact) mass is 446 g/mol. The summed E-state index contributed by atoms with van der Waals surface area (Å²) in [5.41, 5.74) is 1.74. The van der Waals surface area contributed by atoms with Crippen LogP contribution in [0.3, 0.4) is 0 Å². The van der Waals surface area contributed by atoms with E-state index in [0.29, 0.717) is 5.52 Å². The first-order valence-corrected chi connectivity index (χ1v) is 8.75. The molecular weight excluding hydrogens is 431 g/mol. The summed E-state index contributed by atoms with van der Waals surface area (Å²) in [4.78, 5) is 28.2. The number of rotatable bonds is 5. The first kappa shape index (κ1) is 17.3. The van der Waals surface area contributed by atoms with E-state index < -0.39 is 17.9 Å². The van der Waals surface area contributed by atoms with Crippen molar-refractivity contribution in [2.45, 2.75) is 12.5 Å². The molecule has 126 valence electrons. The third kappa shape index (κ3) is 4.33. The number of aliphatic carboxylic acids is 1. The van der Waals surface area contributed by atoms with Crippen molar-refractivity contribution in [3.63, 3.8) is 0 Å². The number of pyridine rings is 1. The van der Waals surface area contributed by atoms with E-state index in [1.165, 1.54) is 0 Å². The molecule has 1 atom stereocenters. The zero-order valence-corrected chi connectivity index (χ0v) is 15.3. The molecule has 1 heterocycles. The van der Waals surface area contributed by atoms with E-state index in [9.17, 15) is 14.7 Å². The smallest absolute Gasteiger partial charge is 0.326 e. The van der Waals surface area contributed by atoms with Crippen LogP contribution in [0.4, 0.5) is 0 Å². The molecule has 0 unspecified atom stereocenters. The van der Waals surface area contributed by atoms with E-state index in [2.05, 4.69) is 32.9 Å². The van der Waals surface area contributed by atoms with Crippen LogP contribution in [-0.4, -0.2) is 28.0 Å². The summed E-state index contributed by atoms with van der Waals surface area (Å²) in [6, 6.07) is 17.4. The Balaban J connectivity index is 1.77. The number of nitrogens with zero attached hydrogens (tertiary/aromatic N) is 1. The molecule has 5 nitrogen and oxygen atoms in total. The lowest BCUT2D eigenvalue weighted by Gasteiger charge is -2.14. The number of halogens is 1. The van der Waals surface area contributed by atoms with Crippen LogP contribution in [0.25, 0.3) is 10.9 Å². The molecule has 0 aliphatic carbocycles. The van der Waals surface area contributed by atoms with Crippen LogP contribution in [0.5, 0.6) is 0 Å². The highest BCUT2D eigenvalue weighted by Gasteiger charge is 2.21. The topological polar surface area (TPSA) is 79.3 Å². The third-order valence-corrected chi connectivity index (χ3v) is 4.51. The molecule has 0 radical (unpaired) electrons. The highest BCUT2D eigenvalue weighted by atomic mass is 127. The molecule has 6 heteroatoms. The molecule has 2 N–H and O–H groups in total. The lowest BCUT2D eigenvalue weighted by atomic mass is 10.1. The Morgan fingerprint density at radius 2 is 1.76 bits per heavy atom. The summed E-state index contributed by atoms with van der Waals surface area (Å²) in [5, 5.41) is 12.9. The number of carbonyl (C=O) groups is 2. The molecule has 0 aliphatic rings. The van der Waals surface area contributed by atoms with Crippen molar-refractivity contribution in [2.75, 3.05) is 0 Å². The second-order valence-corrected chi connectivity index (χ2v) is 6.83. The van der Waals surface area contributed by atoms with Gasteiger partial charge in [-0.2, -0.15) is 0 Å². The van der Waals surface area contributed by atoms with Gasteiger partial charge in [0.05, 0.1) is 5.52 Å². The van der Waals surface area contributed by atoms with Crippen molar-refractivity contribution in [1.82, 2.24) is 10.3 Å². The summed E-state index contributed by atoms with van der Waals surface area (Å²) in [5.74, 6) is -1.57. The summed E-state index contributed by atoms with van der Waals surface area (Å²) in [6.45, 7) is 0. The first-order valence-electron chi connectivity index (χ1n) is 7.67. The van der Waals surface area contributed by atoms with Crippen LogP contribution in [0.15, 0.2) is 60.7 Å². The van der Waals surface area contributed by atoms with Gasteiger partial charge >= 0.3 is 5.97 Å². The van der Waals surface area contributed by atoms with Gasteiger partial charge in [-0.3, -0.25) is 4.79 Å². The van der Waals surface area contributed by atoms with Crippen molar-refractivity contribution < 1.29 is 14.7 Å². The molecule has 25 heavy (non-hydrogen) atoms. The molecule has 2 aromatic carbocycles. The summed E-state index contributed by atoms with van der Waals surface area (Å²) in [7, 11) is 0. The molecule has 0 spiro atoms. The molecular formula is C19H15IN2O3. The highest BCUT2D eigenvalue weighted by molar-refractivity contribution is 14.1. The third-order valence-electron chi connectivity index (χ3n) is 3.79. The zero-order valence-electron chi connectivity index (χ0n) is 13.1. The number of para-hydroxylation sites is 1. The van der Waals surface area contributed by atoms with Crippen molar-refractivity contribution >= 4 is 45.4 Å². The second kappa shape index (κ2) is 7.60. The fourth-order valence-corrected chi connectivity index (χ4v) is 2.84. The van der Waals surface area contributed by atoms with Gasteiger partial charge in [-0.15, -0.1) is 0 Å². The number of nitrogens with one attached hydrogen (secondary N) is 1. The minimum absolute atomic E-state index is 0.201. The molecule has 0 aliphatic heterocycles. The number of aromatic nitrogens is 1. The lowest BCUT2D eigenvalue weighted by molar-refractivity contribution is -0.139. The predicted octanol–water partition coefficient (Wildman–Crippen LogP) is 3.27. The van der Waals surface area contributed by atoms with Crippen molar-refractivity contribution in [2.24, 2.45) is 0 Å². The average Bonchev–Trinajstić information content (AvgIpc) is 2.62. The quantitative estimate of drug-likeness (QED) is 0.590. The van der Waals surface area contributed by atoms with E-state index in [1.54, 1.807) is 12.1 Å². The maximum absolute atomic E-state index is 12.4. The van der Waals surface area contributed by atoms with Gasteiger partial charge in [-0.25, -0.2) is 9.78 Å². The van der Waals surface area contributed by atoms with Crippen LogP contribution in [-0.2, 0) is 11.2 Å². The van der Waals surface area contributed by atoms with Crippen molar-refractivity contribution in [3.8, 4) is 0 Å². The molecule has 1 amide bonds. The fraction of sp³-hybridized carbons (Fsp3) is 0.105. The zero-order chi connectivity index (χ0) is 17.8. The van der Waals surface area contributed by atoms with Gasteiger partial charge in [0.25, 0.3) is 5.91 Å². The summed E-state index contributed by atoms with van der Waals surface area (Å²) >= 11 is 2.18. The summed E-state index contributed by atoms with van der Waals surface area (Å²) < 4.78 is 1.07. The fourth-order valence-electron chi connectivity index (χ4n) is 2.48. The van der Waals surface area contributed by atoms with Crippen molar-refractivity contribution in [3.05, 3.63) is 75.5 Å². The Bertz CT molecular complexity index is 925. The molecule has 0 fully saturated rings. The van der Waals surface area contributed by atoms with Gasteiger partial charge in [0.1, 0.15) is 11.7 Å². The van der Waals surface area contributed by atoms with Gasteiger partial charge < -0.3 is 10.4 Å². The van der Waals surface area contributed by atoms with E-state index in [4.69, 9.17) is 0 Å². The van der Waals surface area contributed by atoms with Crippen LogP contribution < -0.4 is 5.32 Å². The number of fused-ring (bicyclic) bond motifs is 1. The van der Waals surface area contributed by atoms with Crippen LogP contribution in [0, 0.1) is 3.57 Å². The maximum atomic E-state index is 12.4. The van der Waals surface area contributed by atoms with Gasteiger partial charge in [-0.1, -0.05) is 36.4 Å². The van der Waals surface area contributed by atoms with E-state index in [-0.39, 0.29) is 12.1 Å². The van der Waals surface area contributed by atoms with E-state index in [0.717, 1.165) is 14.5 Å². The average molecular weight is 446 g/mol. The number of amides is 1. The molecule has 1 aromatic heterocycles. The Morgan fingerprint density at radius 1 is 1.04 bits per heavy atom. The first-order chi connectivity index (χ1) is 12.0. The predicted molar refractivity (Wildman–Crippen MR) is 103 cm³/mol.